The number of aliphatic hydroxyl groups excluding tert-OH is 2. The average molecular weight is 452 g/mol. The van der Waals surface area contributed by atoms with Crippen molar-refractivity contribution < 1.29 is 24.4 Å². The van der Waals surface area contributed by atoms with Gasteiger partial charge in [-0.1, -0.05) is 91.0 Å². The van der Waals surface area contributed by atoms with Gasteiger partial charge >= 0.3 is 0 Å². The van der Waals surface area contributed by atoms with Gasteiger partial charge in [0.15, 0.2) is 0 Å². The highest BCUT2D eigenvalue weighted by Crippen LogP contribution is 2.18. The molecule has 0 radical (unpaired) electrons. The molecular weight excluding hydrogens is 418 g/mol. The lowest BCUT2D eigenvalue weighted by Gasteiger charge is -2.34. The number of nitrogens with two attached hydrogens (primary N) is 1. The summed E-state index contributed by atoms with van der Waals surface area (Å²) < 4.78 is 18.0. The summed E-state index contributed by atoms with van der Waals surface area (Å²) in [7, 11) is 0. The van der Waals surface area contributed by atoms with E-state index in [0.29, 0.717) is 6.61 Å². The summed E-state index contributed by atoms with van der Waals surface area (Å²) in [5, 5.41) is 20.8. The van der Waals surface area contributed by atoms with Crippen molar-refractivity contribution in [3.05, 3.63) is 108 Å². The van der Waals surface area contributed by atoms with Gasteiger partial charge in [-0.25, -0.2) is 0 Å². The zero-order valence-corrected chi connectivity index (χ0v) is 18.7. The molecular formula is C27H33NO5. The first-order valence-electron chi connectivity index (χ1n) is 11.1. The van der Waals surface area contributed by atoms with Crippen molar-refractivity contribution in [3.8, 4) is 0 Å². The maximum absolute atomic E-state index is 11.0. The third-order valence-electron chi connectivity index (χ3n) is 5.31. The highest BCUT2D eigenvalue weighted by molar-refractivity contribution is 5.15. The summed E-state index contributed by atoms with van der Waals surface area (Å²) in [6.45, 7) is 0.650. The second-order valence-corrected chi connectivity index (χ2v) is 7.94. The lowest BCUT2D eigenvalue weighted by atomic mass is 10.0. The molecule has 0 aliphatic carbocycles. The van der Waals surface area contributed by atoms with Crippen LogP contribution in [0.25, 0.3) is 0 Å². The van der Waals surface area contributed by atoms with Crippen molar-refractivity contribution >= 4 is 0 Å². The minimum atomic E-state index is -1.00. The van der Waals surface area contributed by atoms with Crippen LogP contribution in [0, 0.1) is 0 Å². The molecule has 3 rings (SSSR count). The van der Waals surface area contributed by atoms with Gasteiger partial charge in [0.25, 0.3) is 0 Å². The second kappa shape index (κ2) is 13.9. The lowest BCUT2D eigenvalue weighted by molar-refractivity contribution is -0.156. The topological polar surface area (TPSA) is 94.2 Å². The fraction of sp³-hybridized carbons (Fsp3) is 0.333. The maximum Gasteiger partial charge on any atom is 0.114 e. The molecule has 6 heteroatoms. The number of ether oxygens (including phenoxy) is 3. The Kier molecular flexibility index (Phi) is 10.5. The second-order valence-electron chi connectivity index (χ2n) is 7.94. The predicted molar refractivity (Wildman–Crippen MR) is 127 cm³/mol. The number of rotatable bonds is 14. The van der Waals surface area contributed by atoms with E-state index in [4.69, 9.17) is 19.9 Å². The summed E-state index contributed by atoms with van der Waals surface area (Å²) in [5.41, 5.74) is 9.13. The Balaban J connectivity index is 1.69. The summed E-state index contributed by atoms with van der Waals surface area (Å²) in [6, 6.07) is 28.4. The molecule has 0 saturated heterocycles. The first-order valence-corrected chi connectivity index (χ1v) is 11.1. The SMILES string of the molecule is N[C@@H](CO)[C@@H](OCc1ccccc1)[C@@H](OCc1ccccc1)[C@H](O)COCc1ccccc1. The van der Waals surface area contributed by atoms with Crippen molar-refractivity contribution in [2.24, 2.45) is 5.73 Å². The zero-order valence-electron chi connectivity index (χ0n) is 18.7. The molecule has 4 N–H and O–H groups in total. The lowest BCUT2D eigenvalue weighted by Crippen LogP contribution is -2.53. The summed E-state index contributed by atoms with van der Waals surface area (Å²) in [6.07, 6.45) is -2.54. The van der Waals surface area contributed by atoms with Crippen LogP contribution >= 0.6 is 0 Å². The molecule has 0 aliphatic rings. The van der Waals surface area contributed by atoms with Crippen LogP contribution in [0.5, 0.6) is 0 Å². The van der Waals surface area contributed by atoms with Crippen LogP contribution in [-0.4, -0.2) is 47.8 Å². The third-order valence-corrected chi connectivity index (χ3v) is 5.31. The van der Waals surface area contributed by atoms with Crippen LogP contribution in [0.3, 0.4) is 0 Å². The Morgan fingerprint density at radius 2 is 1.06 bits per heavy atom. The van der Waals surface area contributed by atoms with Crippen molar-refractivity contribution in [3.63, 3.8) is 0 Å². The van der Waals surface area contributed by atoms with Gasteiger partial charge < -0.3 is 30.2 Å². The fourth-order valence-corrected chi connectivity index (χ4v) is 3.49. The van der Waals surface area contributed by atoms with Gasteiger partial charge in [0.2, 0.25) is 0 Å². The van der Waals surface area contributed by atoms with Crippen LogP contribution in [0.15, 0.2) is 91.0 Å². The predicted octanol–water partition coefficient (Wildman–Crippen LogP) is 3.05. The largest absolute Gasteiger partial charge is 0.395 e. The molecule has 0 bridgehead atoms. The molecule has 0 heterocycles. The van der Waals surface area contributed by atoms with E-state index in [2.05, 4.69) is 0 Å². The van der Waals surface area contributed by atoms with Gasteiger partial charge in [-0.05, 0) is 16.7 Å². The number of hydrogen-bond donors (Lipinski definition) is 3. The van der Waals surface area contributed by atoms with Gasteiger partial charge in [0.05, 0.1) is 39.1 Å². The van der Waals surface area contributed by atoms with Gasteiger partial charge in [-0.2, -0.15) is 0 Å². The van der Waals surface area contributed by atoms with Gasteiger partial charge in [0, 0.05) is 0 Å². The van der Waals surface area contributed by atoms with Crippen LogP contribution in [0.1, 0.15) is 16.7 Å². The Morgan fingerprint density at radius 1 is 0.636 bits per heavy atom. The van der Waals surface area contributed by atoms with Gasteiger partial charge in [0.1, 0.15) is 18.3 Å². The fourth-order valence-electron chi connectivity index (χ4n) is 3.49. The van der Waals surface area contributed by atoms with Crippen molar-refractivity contribution in [2.75, 3.05) is 13.2 Å². The molecule has 3 aromatic carbocycles. The normalized spacial score (nSPS) is 15.0. The average Bonchev–Trinajstić information content (AvgIpc) is 2.87. The molecule has 33 heavy (non-hydrogen) atoms. The Bertz CT molecular complexity index is 894. The molecule has 0 aromatic heterocycles. The molecule has 6 nitrogen and oxygen atoms in total. The van der Waals surface area contributed by atoms with Crippen LogP contribution in [-0.2, 0) is 34.0 Å². The Labute approximate surface area is 195 Å². The number of hydrogen-bond acceptors (Lipinski definition) is 6. The molecule has 176 valence electrons. The van der Waals surface area contributed by atoms with Crippen LogP contribution < -0.4 is 5.73 Å². The first kappa shape index (κ1) is 25.1. The van der Waals surface area contributed by atoms with E-state index in [1.807, 2.05) is 91.0 Å². The smallest absolute Gasteiger partial charge is 0.114 e. The molecule has 3 aromatic rings. The van der Waals surface area contributed by atoms with E-state index in [9.17, 15) is 10.2 Å². The summed E-state index contributed by atoms with van der Waals surface area (Å²) in [5.74, 6) is 0. The highest BCUT2D eigenvalue weighted by atomic mass is 16.6. The van der Waals surface area contributed by atoms with E-state index in [1.165, 1.54) is 0 Å². The first-order chi connectivity index (χ1) is 16.2. The summed E-state index contributed by atoms with van der Waals surface area (Å²) >= 11 is 0. The molecule has 0 spiro atoms. The minimum absolute atomic E-state index is 0.0394. The van der Waals surface area contributed by atoms with Crippen molar-refractivity contribution in [1.29, 1.82) is 0 Å². The summed E-state index contributed by atoms with van der Waals surface area (Å²) in [4.78, 5) is 0. The van der Waals surface area contributed by atoms with Gasteiger partial charge in [-0.3, -0.25) is 0 Å². The molecule has 0 amide bonds. The Hall–Kier alpha value is -2.58. The quantitative estimate of drug-likeness (QED) is 0.349. The van der Waals surface area contributed by atoms with E-state index >= 15 is 0 Å². The third kappa shape index (κ3) is 8.37. The van der Waals surface area contributed by atoms with Crippen LogP contribution in [0.4, 0.5) is 0 Å². The van der Waals surface area contributed by atoms with Crippen molar-refractivity contribution in [2.45, 2.75) is 44.2 Å². The van der Waals surface area contributed by atoms with Crippen molar-refractivity contribution in [1.82, 2.24) is 0 Å². The molecule has 0 aliphatic heterocycles. The van der Waals surface area contributed by atoms with Crippen LogP contribution in [0.2, 0.25) is 0 Å². The van der Waals surface area contributed by atoms with E-state index in [1.54, 1.807) is 0 Å². The minimum Gasteiger partial charge on any atom is -0.395 e. The van der Waals surface area contributed by atoms with Gasteiger partial charge in [-0.15, -0.1) is 0 Å². The maximum atomic E-state index is 11.0. The van der Waals surface area contributed by atoms with E-state index in [-0.39, 0.29) is 26.4 Å². The molecule has 0 unspecified atom stereocenters. The Morgan fingerprint density at radius 3 is 1.52 bits per heavy atom. The molecule has 0 saturated carbocycles. The number of aliphatic hydroxyl groups is 2. The molecule has 4 atom stereocenters. The monoisotopic (exact) mass is 451 g/mol. The highest BCUT2D eigenvalue weighted by Gasteiger charge is 2.34. The molecule has 0 fully saturated rings. The van der Waals surface area contributed by atoms with E-state index in [0.717, 1.165) is 16.7 Å². The number of benzene rings is 3. The zero-order chi connectivity index (χ0) is 23.3. The van der Waals surface area contributed by atoms with E-state index < -0.39 is 24.4 Å². The standard InChI is InChI=1S/C27H33NO5/c28-24(16-29)26(32-18-22-12-6-2-7-13-22)27(33-19-23-14-8-3-9-15-23)25(30)20-31-17-21-10-4-1-5-11-21/h1-15,24-27,29-30H,16-20,28H2/t24-,25+,26+,27-/m0/s1.